The second-order valence-corrected chi connectivity index (χ2v) is 5.85. The molecule has 0 fully saturated rings. The van der Waals surface area contributed by atoms with Gasteiger partial charge in [-0.25, -0.2) is 4.68 Å². The molecular weight excluding hydrogens is 274 g/mol. The first-order valence-electron chi connectivity index (χ1n) is 6.52. The minimum atomic E-state index is -0.263. The van der Waals surface area contributed by atoms with Crippen molar-refractivity contribution < 1.29 is 4.79 Å². The molecule has 0 radical (unpaired) electrons. The molecule has 0 aromatic carbocycles. The van der Waals surface area contributed by atoms with Crippen LogP contribution in [0, 0.1) is 6.92 Å². The van der Waals surface area contributed by atoms with E-state index >= 15 is 0 Å². The molecule has 2 aromatic heterocycles. The molecule has 1 amide bonds. The lowest BCUT2D eigenvalue weighted by atomic mass is 10.3. The third-order valence-electron chi connectivity index (χ3n) is 2.75. The summed E-state index contributed by atoms with van der Waals surface area (Å²) in [6.45, 7) is 4.98. The molecule has 0 saturated carbocycles. The molecular formula is C14H17N3O2S. The Balaban J connectivity index is 2.05. The van der Waals surface area contributed by atoms with Crippen LogP contribution in [0.25, 0.3) is 0 Å². The summed E-state index contributed by atoms with van der Waals surface area (Å²) >= 11 is 1.65. The normalized spacial score (nSPS) is 10.5. The highest BCUT2D eigenvalue weighted by atomic mass is 32.1. The van der Waals surface area contributed by atoms with Gasteiger partial charge in [0, 0.05) is 22.4 Å². The zero-order chi connectivity index (χ0) is 14.5. The fourth-order valence-electron chi connectivity index (χ4n) is 1.78. The molecule has 0 bridgehead atoms. The van der Waals surface area contributed by atoms with Crippen LogP contribution in [-0.4, -0.2) is 15.7 Å². The first-order chi connectivity index (χ1) is 9.60. The van der Waals surface area contributed by atoms with E-state index in [9.17, 15) is 9.59 Å². The SMILES string of the molecule is CCCn1nc(C(=O)NCc2ccc(C)s2)ccc1=O. The van der Waals surface area contributed by atoms with Crippen LogP contribution in [-0.2, 0) is 13.1 Å². The van der Waals surface area contributed by atoms with E-state index in [1.54, 1.807) is 11.3 Å². The van der Waals surface area contributed by atoms with Crippen molar-refractivity contribution >= 4 is 17.2 Å². The van der Waals surface area contributed by atoms with Crippen LogP contribution in [0.2, 0.25) is 0 Å². The molecule has 2 rings (SSSR count). The van der Waals surface area contributed by atoms with Gasteiger partial charge in [-0.15, -0.1) is 11.3 Å². The molecule has 0 aliphatic carbocycles. The van der Waals surface area contributed by atoms with Gasteiger partial charge in [0.25, 0.3) is 11.5 Å². The highest BCUT2D eigenvalue weighted by Crippen LogP contribution is 2.14. The van der Waals surface area contributed by atoms with E-state index in [-0.39, 0.29) is 17.2 Å². The quantitative estimate of drug-likeness (QED) is 0.916. The van der Waals surface area contributed by atoms with Crippen molar-refractivity contribution in [3.63, 3.8) is 0 Å². The zero-order valence-corrected chi connectivity index (χ0v) is 12.4. The highest BCUT2D eigenvalue weighted by Gasteiger charge is 2.09. The molecule has 0 atom stereocenters. The van der Waals surface area contributed by atoms with Crippen LogP contribution in [0.1, 0.15) is 33.6 Å². The number of carbonyl (C=O) groups excluding carboxylic acids is 1. The van der Waals surface area contributed by atoms with Gasteiger partial charge in [0.05, 0.1) is 6.54 Å². The molecule has 2 aromatic rings. The van der Waals surface area contributed by atoms with E-state index in [0.29, 0.717) is 13.1 Å². The Morgan fingerprint density at radius 1 is 1.35 bits per heavy atom. The first-order valence-corrected chi connectivity index (χ1v) is 7.33. The summed E-state index contributed by atoms with van der Waals surface area (Å²) in [5.41, 5.74) is 0.0867. The van der Waals surface area contributed by atoms with Crippen molar-refractivity contribution in [2.75, 3.05) is 0 Å². The number of amides is 1. The van der Waals surface area contributed by atoms with Gasteiger partial charge >= 0.3 is 0 Å². The molecule has 0 spiro atoms. The average Bonchev–Trinajstić information content (AvgIpc) is 2.84. The van der Waals surface area contributed by atoms with Crippen molar-refractivity contribution in [2.45, 2.75) is 33.4 Å². The van der Waals surface area contributed by atoms with Crippen molar-refractivity contribution in [2.24, 2.45) is 0 Å². The molecule has 20 heavy (non-hydrogen) atoms. The van der Waals surface area contributed by atoms with Crippen LogP contribution in [0.5, 0.6) is 0 Å². The predicted octanol–water partition coefficient (Wildman–Crippen LogP) is 1.95. The standard InChI is InChI=1S/C14H17N3O2S/c1-3-8-17-13(18)7-6-12(16-17)14(19)15-9-11-5-4-10(2)20-11/h4-7H,3,8-9H2,1-2H3,(H,15,19). The Bertz CT molecular complexity index is 660. The van der Waals surface area contributed by atoms with Gasteiger partial charge in [-0.05, 0) is 31.5 Å². The maximum Gasteiger partial charge on any atom is 0.272 e. The van der Waals surface area contributed by atoms with E-state index in [2.05, 4.69) is 10.4 Å². The average molecular weight is 291 g/mol. The maximum absolute atomic E-state index is 12.0. The van der Waals surface area contributed by atoms with Gasteiger partial charge < -0.3 is 5.32 Å². The molecule has 0 aliphatic rings. The summed E-state index contributed by atoms with van der Waals surface area (Å²) in [6, 6.07) is 6.86. The smallest absolute Gasteiger partial charge is 0.272 e. The Hall–Kier alpha value is -1.95. The number of hydrogen-bond donors (Lipinski definition) is 1. The number of carbonyl (C=O) groups is 1. The fraction of sp³-hybridized carbons (Fsp3) is 0.357. The Labute approximate surface area is 121 Å². The largest absolute Gasteiger partial charge is 0.346 e. The van der Waals surface area contributed by atoms with Gasteiger partial charge in [0.15, 0.2) is 0 Å². The number of aromatic nitrogens is 2. The van der Waals surface area contributed by atoms with Crippen LogP contribution in [0.3, 0.4) is 0 Å². The Morgan fingerprint density at radius 3 is 2.80 bits per heavy atom. The molecule has 1 N–H and O–H groups in total. The molecule has 0 saturated heterocycles. The third-order valence-corrected chi connectivity index (χ3v) is 3.75. The Morgan fingerprint density at radius 2 is 2.15 bits per heavy atom. The highest BCUT2D eigenvalue weighted by molar-refractivity contribution is 7.11. The van der Waals surface area contributed by atoms with Crippen LogP contribution in [0.15, 0.2) is 29.1 Å². The second kappa shape index (κ2) is 6.47. The summed E-state index contributed by atoms with van der Waals surface area (Å²) in [6.07, 6.45) is 0.798. The molecule has 6 heteroatoms. The summed E-state index contributed by atoms with van der Waals surface area (Å²) < 4.78 is 1.32. The first kappa shape index (κ1) is 14.5. The van der Waals surface area contributed by atoms with Crippen LogP contribution in [0.4, 0.5) is 0 Å². The number of nitrogens with zero attached hydrogens (tertiary/aromatic N) is 2. The van der Waals surface area contributed by atoms with Crippen molar-refractivity contribution in [3.8, 4) is 0 Å². The lowest BCUT2D eigenvalue weighted by molar-refractivity contribution is 0.0943. The monoisotopic (exact) mass is 291 g/mol. The lowest BCUT2D eigenvalue weighted by Crippen LogP contribution is -2.29. The van der Waals surface area contributed by atoms with E-state index < -0.39 is 0 Å². The number of thiophene rings is 1. The molecule has 0 aliphatic heterocycles. The number of hydrogen-bond acceptors (Lipinski definition) is 4. The van der Waals surface area contributed by atoms with Crippen molar-refractivity contribution in [1.29, 1.82) is 0 Å². The van der Waals surface area contributed by atoms with Gasteiger partial charge in [-0.1, -0.05) is 6.92 Å². The zero-order valence-electron chi connectivity index (χ0n) is 11.5. The van der Waals surface area contributed by atoms with Crippen molar-refractivity contribution in [1.82, 2.24) is 15.1 Å². The number of aryl methyl sites for hydroxylation is 2. The summed E-state index contributed by atoms with van der Waals surface area (Å²) in [7, 11) is 0. The summed E-state index contributed by atoms with van der Waals surface area (Å²) in [4.78, 5) is 25.9. The summed E-state index contributed by atoms with van der Waals surface area (Å²) in [5.74, 6) is -0.263. The molecule has 0 unspecified atom stereocenters. The minimum absolute atomic E-state index is 0.183. The molecule has 5 nitrogen and oxygen atoms in total. The van der Waals surface area contributed by atoms with Crippen molar-refractivity contribution in [3.05, 3.63) is 50.1 Å². The van der Waals surface area contributed by atoms with E-state index in [1.807, 2.05) is 26.0 Å². The number of rotatable bonds is 5. The van der Waals surface area contributed by atoms with E-state index in [1.165, 1.54) is 21.7 Å². The fourth-order valence-corrected chi connectivity index (χ4v) is 2.61. The topological polar surface area (TPSA) is 64.0 Å². The summed E-state index contributed by atoms with van der Waals surface area (Å²) in [5, 5.41) is 6.89. The molecule has 106 valence electrons. The third kappa shape index (κ3) is 3.54. The Kier molecular flexibility index (Phi) is 4.68. The van der Waals surface area contributed by atoms with Gasteiger partial charge in [0.2, 0.25) is 0 Å². The lowest BCUT2D eigenvalue weighted by Gasteiger charge is -2.06. The van der Waals surface area contributed by atoms with E-state index in [0.717, 1.165) is 11.3 Å². The number of nitrogens with one attached hydrogen (secondary N) is 1. The van der Waals surface area contributed by atoms with Crippen LogP contribution < -0.4 is 10.9 Å². The maximum atomic E-state index is 12.0. The minimum Gasteiger partial charge on any atom is -0.346 e. The van der Waals surface area contributed by atoms with Gasteiger partial charge in [0.1, 0.15) is 5.69 Å². The second-order valence-electron chi connectivity index (χ2n) is 4.47. The van der Waals surface area contributed by atoms with Gasteiger partial charge in [-0.3, -0.25) is 9.59 Å². The van der Waals surface area contributed by atoms with Crippen LogP contribution >= 0.6 is 11.3 Å². The van der Waals surface area contributed by atoms with E-state index in [4.69, 9.17) is 0 Å². The predicted molar refractivity (Wildman–Crippen MR) is 79.0 cm³/mol. The van der Waals surface area contributed by atoms with Gasteiger partial charge in [-0.2, -0.15) is 5.10 Å². The molecule has 2 heterocycles.